The molecule has 0 bridgehead atoms. The van der Waals surface area contributed by atoms with Gasteiger partial charge < -0.3 is 9.84 Å². The van der Waals surface area contributed by atoms with Crippen molar-refractivity contribution in [2.75, 3.05) is 13.2 Å². The van der Waals surface area contributed by atoms with E-state index in [9.17, 15) is 5.11 Å². The standard InChI is InChI=1S/C13H22N2O2/c1-3-15-12(8-10(2)14-15)9-13(16)11-4-6-17-7-5-11/h8,11,13,16H,3-7,9H2,1-2H3. The van der Waals surface area contributed by atoms with Gasteiger partial charge in [-0.05, 0) is 38.7 Å². The van der Waals surface area contributed by atoms with E-state index in [4.69, 9.17) is 4.74 Å². The number of aryl methyl sites for hydroxylation is 2. The third kappa shape index (κ3) is 3.07. The zero-order valence-corrected chi connectivity index (χ0v) is 10.7. The second-order valence-electron chi connectivity index (χ2n) is 4.81. The van der Waals surface area contributed by atoms with Crippen molar-refractivity contribution in [2.45, 2.75) is 45.8 Å². The summed E-state index contributed by atoms with van der Waals surface area (Å²) in [6.45, 7) is 6.51. The number of rotatable bonds is 4. The maximum absolute atomic E-state index is 10.3. The Hall–Kier alpha value is -0.870. The Kier molecular flexibility index (Phi) is 4.18. The Bertz CT molecular complexity index is 356. The molecule has 0 amide bonds. The van der Waals surface area contributed by atoms with Crippen molar-refractivity contribution in [1.29, 1.82) is 0 Å². The van der Waals surface area contributed by atoms with E-state index in [1.165, 1.54) is 0 Å². The molecule has 1 N–H and O–H groups in total. The van der Waals surface area contributed by atoms with Gasteiger partial charge in [0.25, 0.3) is 0 Å². The summed E-state index contributed by atoms with van der Waals surface area (Å²) in [5.41, 5.74) is 2.17. The molecule has 1 aromatic rings. The fourth-order valence-electron chi connectivity index (χ4n) is 2.52. The zero-order chi connectivity index (χ0) is 12.3. The molecule has 96 valence electrons. The summed E-state index contributed by atoms with van der Waals surface area (Å²) in [5, 5.41) is 14.7. The Labute approximate surface area is 103 Å². The molecule has 0 saturated carbocycles. The number of aromatic nitrogens is 2. The van der Waals surface area contributed by atoms with Gasteiger partial charge in [0.05, 0.1) is 11.8 Å². The third-order valence-corrected chi connectivity index (χ3v) is 3.51. The Morgan fingerprint density at radius 1 is 1.53 bits per heavy atom. The van der Waals surface area contributed by atoms with Gasteiger partial charge in [0, 0.05) is 31.9 Å². The van der Waals surface area contributed by atoms with Crippen LogP contribution in [0.15, 0.2) is 6.07 Å². The van der Waals surface area contributed by atoms with E-state index in [0.717, 1.165) is 44.0 Å². The van der Waals surface area contributed by atoms with Crippen LogP contribution < -0.4 is 0 Å². The van der Waals surface area contributed by atoms with Crippen LogP contribution in [0, 0.1) is 12.8 Å². The second-order valence-corrected chi connectivity index (χ2v) is 4.81. The number of aliphatic hydroxyl groups is 1. The Balaban J connectivity index is 1.98. The first-order valence-corrected chi connectivity index (χ1v) is 6.50. The van der Waals surface area contributed by atoms with Crippen molar-refractivity contribution in [2.24, 2.45) is 5.92 Å². The molecule has 1 saturated heterocycles. The van der Waals surface area contributed by atoms with Gasteiger partial charge in [-0.1, -0.05) is 0 Å². The second kappa shape index (κ2) is 5.65. The van der Waals surface area contributed by atoms with Gasteiger partial charge >= 0.3 is 0 Å². The Morgan fingerprint density at radius 3 is 2.88 bits per heavy atom. The third-order valence-electron chi connectivity index (χ3n) is 3.51. The van der Waals surface area contributed by atoms with Gasteiger partial charge in [0.2, 0.25) is 0 Å². The van der Waals surface area contributed by atoms with E-state index in [1.54, 1.807) is 0 Å². The number of nitrogens with zero attached hydrogens (tertiary/aromatic N) is 2. The van der Waals surface area contributed by atoms with Crippen molar-refractivity contribution in [3.05, 3.63) is 17.5 Å². The quantitative estimate of drug-likeness (QED) is 0.865. The lowest BCUT2D eigenvalue weighted by Crippen LogP contribution is -2.29. The van der Waals surface area contributed by atoms with Crippen LogP contribution in [0.25, 0.3) is 0 Å². The smallest absolute Gasteiger partial charge is 0.0625 e. The van der Waals surface area contributed by atoms with Crippen molar-refractivity contribution in [3.8, 4) is 0 Å². The molecule has 4 nitrogen and oxygen atoms in total. The van der Waals surface area contributed by atoms with Crippen LogP contribution in [0.2, 0.25) is 0 Å². The minimum atomic E-state index is -0.264. The summed E-state index contributed by atoms with van der Waals surface area (Å²) in [6.07, 6.45) is 2.39. The normalized spacial score (nSPS) is 19.5. The van der Waals surface area contributed by atoms with Gasteiger partial charge in [-0.3, -0.25) is 4.68 Å². The molecule has 0 spiro atoms. The summed E-state index contributed by atoms with van der Waals surface area (Å²) in [7, 11) is 0. The molecule has 1 unspecified atom stereocenters. The average Bonchev–Trinajstić information content (AvgIpc) is 2.70. The maximum Gasteiger partial charge on any atom is 0.0625 e. The molecule has 4 heteroatoms. The highest BCUT2D eigenvalue weighted by molar-refractivity contribution is 5.10. The number of ether oxygens (including phenoxy) is 1. The predicted octanol–water partition coefficient (Wildman–Crippen LogP) is 1.54. The zero-order valence-electron chi connectivity index (χ0n) is 10.7. The van der Waals surface area contributed by atoms with Gasteiger partial charge in [0.15, 0.2) is 0 Å². The van der Waals surface area contributed by atoms with Gasteiger partial charge in [0.1, 0.15) is 0 Å². The molecule has 1 atom stereocenters. The lowest BCUT2D eigenvalue weighted by Gasteiger charge is -2.26. The maximum atomic E-state index is 10.3. The van der Waals surface area contributed by atoms with E-state index < -0.39 is 0 Å². The highest BCUT2D eigenvalue weighted by Crippen LogP contribution is 2.21. The molecule has 1 fully saturated rings. The SMILES string of the molecule is CCn1nc(C)cc1CC(O)C1CCOCC1. The van der Waals surface area contributed by atoms with Crippen molar-refractivity contribution in [3.63, 3.8) is 0 Å². The van der Waals surface area contributed by atoms with Gasteiger partial charge in [-0.25, -0.2) is 0 Å². The molecule has 0 radical (unpaired) electrons. The molecule has 0 aliphatic carbocycles. The molecule has 1 aromatic heterocycles. The van der Waals surface area contributed by atoms with Crippen LogP contribution in [0.4, 0.5) is 0 Å². The van der Waals surface area contributed by atoms with Crippen molar-refractivity contribution >= 4 is 0 Å². The topological polar surface area (TPSA) is 47.3 Å². The molecule has 17 heavy (non-hydrogen) atoms. The first-order chi connectivity index (χ1) is 8.20. The van der Waals surface area contributed by atoms with Crippen LogP contribution in [-0.2, 0) is 17.7 Å². The van der Waals surface area contributed by atoms with Crippen LogP contribution in [0.5, 0.6) is 0 Å². The highest BCUT2D eigenvalue weighted by atomic mass is 16.5. The summed E-state index contributed by atoms with van der Waals surface area (Å²) in [6, 6.07) is 2.08. The molecule has 2 heterocycles. The van der Waals surface area contributed by atoms with Crippen LogP contribution >= 0.6 is 0 Å². The highest BCUT2D eigenvalue weighted by Gasteiger charge is 2.23. The molecule has 1 aliphatic heterocycles. The van der Waals surface area contributed by atoms with Gasteiger partial charge in [-0.2, -0.15) is 5.10 Å². The molecule has 1 aliphatic rings. The minimum Gasteiger partial charge on any atom is -0.392 e. The van der Waals surface area contributed by atoms with E-state index in [2.05, 4.69) is 18.1 Å². The van der Waals surface area contributed by atoms with E-state index in [-0.39, 0.29) is 6.10 Å². The molecule has 2 rings (SSSR count). The van der Waals surface area contributed by atoms with Crippen LogP contribution in [0.1, 0.15) is 31.2 Å². The fourth-order valence-corrected chi connectivity index (χ4v) is 2.52. The number of hydrogen-bond donors (Lipinski definition) is 1. The lowest BCUT2D eigenvalue weighted by atomic mass is 9.91. The van der Waals surface area contributed by atoms with E-state index in [1.807, 2.05) is 11.6 Å². The van der Waals surface area contributed by atoms with E-state index in [0.29, 0.717) is 12.3 Å². The summed E-state index contributed by atoms with van der Waals surface area (Å²) in [5.74, 6) is 0.379. The minimum absolute atomic E-state index is 0.264. The average molecular weight is 238 g/mol. The number of aliphatic hydroxyl groups excluding tert-OH is 1. The van der Waals surface area contributed by atoms with Gasteiger partial charge in [-0.15, -0.1) is 0 Å². The largest absolute Gasteiger partial charge is 0.392 e. The van der Waals surface area contributed by atoms with Crippen molar-refractivity contribution < 1.29 is 9.84 Å². The number of hydrogen-bond acceptors (Lipinski definition) is 3. The first-order valence-electron chi connectivity index (χ1n) is 6.50. The van der Waals surface area contributed by atoms with Crippen molar-refractivity contribution in [1.82, 2.24) is 9.78 Å². The molecule has 0 aromatic carbocycles. The van der Waals surface area contributed by atoms with Crippen LogP contribution in [-0.4, -0.2) is 34.2 Å². The Morgan fingerprint density at radius 2 is 2.24 bits per heavy atom. The predicted molar refractivity (Wildman–Crippen MR) is 65.9 cm³/mol. The fraction of sp³-hybridized carbons (Fsp3) is 0.769. The molecular formula is C13H22N2O2. The first kappa shape index (κ1) is 12.6. The van der Waals surface area contributed by atoms with E-state index >= 15 is 0 Å². The monoisotopic (exact) mass is 238 g/mol. The summed E-state index contributed by atoms with van der Waals surface area (Å²) < 4.78 is 7.30. The molecular weight excluding hydrogens is 216 g/mol. The lowest BCUT2D eigenvalue weighted by molar-refractivity contribution is 0.00771. The summed E-state index contributed by atoms with van der Waals surface area (Å²) >= 11 is 0. The summed E-state index contributed by atoms with van der Waals surface area (Å²) in [4.78, 5) is 0. The van der Waals surface area contributed by atoms with Crippen LogP contribution in [0.3, 0.4) is 0 Å².